The van der Waals surface area contributed by atoms with Gasteiger partial charge in [0, 0.05) is 15.1 Å². The minimum absolute atomic E-state index is 0.00570. The van der Waals surface area contributed by atoms with Crippen LogP contribution in [0, 0.1) is 0 Å². The van der Waals surface area contributed by atoms with E-state index in [-0.39, 0.29) is 17.4 Å². The number of hydrogen-bond donors (Lipinski definition) is 1. The number of carbonyl (C=O) groups is 1. The second-order valence-corrected chi connectivity index (χ2v) is 10.3. The monoisotopic (exact) mass is 579 g/mol. The number of nitrogens with zero attached hydrogens (tertiary/aromatic N) is 2. The van der Waals surface area contributed by atoms with Gasteiger partial charge in [0.25, 0.3) is 15.9 Å². The number of sulfonamides is 1. The molecule has 0 unspecified atom stereocenters. The summed E-state index contributed by atoms with van der Waals surface area (Å²) >= 11 is 9.37. The van der Waals surface area contributed by atoms with Crippen molar-refractivity contribution in [1.29, 1.82) is 0 Å². The van der Waals surface area contributed by atoms with E-state index in [0.717, 1.165) is 4.31 Å². The smallest absolute Gasteiger partial charge is 0.264 e. The number of ether oxygens (including phenoxy) is 3. The van der Waals surface area contributed by atoms with Crippen LogP contribution in [0.3, 0.4) is 0 Å². The summed E-state index contributed by atoms with van der Waals surface area (Å²) in [5, 5.41) is 4.39. The number of rotatable bonds is 8. The van der Waals surface area contributed by atoms with Crippen LogP contribution in [0.1, 0.15) is 5.56 Å². The summed E-state index contributed by atoms with van der Waals surface area (Å²) < 4.78 is 44.2. The fourth-order valence-electron chi connectivity index (χ4n) is 3.17. The second kappa shape index (κ2) is 10.5. The van der Waals surface area contributed by atoms with Gasteiger partial charge in [0.2, 0.25) is 6.79 Å². The summed E-state index contributed by atoms with van der Waals surface area (Å²) in [5.41, 5.74) is 3.27. The van der Waals surface area contributed by atoms with Crippen molar-refractivity contribution in [3.05, 3.63) is 75.7 Å². The molecular formula is C23H19BrClN3O6S. The number of halogens is 2. The lowest BCUT2D eigenvalue weighted by molar-refractivity contribution is -0.119. The first kappa shape index (κ1) is 24.8. The fraction of sp³-hybridized carbons (Fsp3) is 0.130. The summed E-state index contributed by atoms with van der Waals surface area (Å²) in [7, 11) is -2.61. The number of benzene rings is 3. The minimum atomic E-state index is -4.09. The van der Waals surface area contributed by atoms with Crippen molar-refractivity contribution in [3.63, 3.8) is 0 Å². The Hall–Kier alpha value is -3.28. The average Bonchev–Trinajstić information content (AvgIpc) is 3.30. The van der Waals surface area contributed by atoms with Gasteiger partial charge in [-0.15, -0.1) is 0 Å². The van der Waals surface area contributed by atoms with Crippen molar-refractivity contribution >= 4 is 55.4 Å². The van der Waals surface area contributed by atoms with E-state index in [1.807, 2.05) is 0 Å². The minimum Gasteiger partial charge on any atom is -0.497 e. The molecule has 3 aromatic rings. The largest absolute Gasteiger partial charge is 0.497 e. The van der Waals surface area contributed by atoms with Crippen molar-refractivity contribution < 1.29 is 27.4 Å². The highest BCUT2D eigenvalue weighted by Crippen LogP contribution is 2.36. The van der Waals surface area contributed by atoms with E-state index in [0.29, 0.717) is 32.3 Å². The van der Waals surface area contributed by atoms with E-state index < -0.39 is 22.5 Å². The molecule has 0 atom stereocenters. The first-order valence-corrected chi connectivity index (χ1v) is 12.7. The molecule has 1 amide bonds. The summed E-state index contributed by atoms with van der Waals surface area (Å²) in [6, 6.07) is 15.4. The molecule has 3 aromatic carbocycles. The number of hydrogen-bond acceptors (Lipinski definition) is 7. The third-order valence-corrected chi connectivity index (χ3v) is 7.66. The molecule has 0 saturated heterocycles. The molecule has 1 heterocycles. The zero-order valence-electron chi connectivity index (χ0n) is 18.3. The summed E-state index contributed by atoms with van der Waals surface area (Å²) in [5.74, 6) is 1.01. The first-order chi connectivity index (χ1) is 16.8. The normalized spacial score (nSPS) is 12.5. The molecule has 1 aliphatic rings. The molecular weight excluding hydrogens is 562 g/mol. The Morgan fingerprint density at radius 1 is 1.14 bits per heavy atom. The summed E-state index contributed by atoms with van der Waals surface area (Å²) in [6.45, 7) is -0.391. The molecule has 9 nitrogen and oxygen atoms in total. The molecule has 182 valence electrons. The van der Waals surface area contributed by atoms with Crippen LogP contribution in [0.25, 0.3) is 0 Å². The van der Waals surface area contributed by atoms with Crippen LogP contribution >= 0.6 is 27.5 Å². The second-order valence-electron chi connectivity index (χ2n) is 7.18. The number of carbonyl (C=O) groups excluding carboxylic acids is 1. The highest BCUT2D eigenvalue weighted by molar-refractivity contribution is 9.10. The van der Waals surface area contributed by atoms with Crippen LogP contribution in [0.5, 0.6) is 17.2 Å². The Labute approximate surface area is 215 Å². The van der Waals surface area contributed by atoms with Crippen LogP contribution in [-0.4, -0.2) is 41.0 Å². The number of methoxy groups -OCH3 is 1. The van der Waals surface area contributed by atoms with E-state index in [1.165, 1.54) is 49.7 Å². The van der Waals surface area contributed by atoms with Crippen molar-refractivity contribution in [2.24, 2.45) is 5.10 Å². The van der Waals surface area contributed by atoms with E-state index >= 15 is 0 Å². The topological polar surface area (TPSA) is 107 Å². The Bertz CT molecular complexity index is 1370. The van der Waals surface area contributed by atoms with Crippen molar-refractivity contribution in [1.82, 2.24) is 5.43 Å². The Morgan fingerprint density at radius 3 is 2.46 bits per heavy atom. The van der Waals surface area contributed by atoms with E-state index in [2.05, 4.69) is 26.5 Å². The molecule has 1 N–H and O–H groups in total. The van der Waals surface area contributed by atoms with Gasteiger partial charge in [-0.3, -0.25) is 9.10 Å². The quantitative estimate of drug-likeness (QED) is 0.316. The maximum absolute atomic E-state index is 13.4. The number of amides is 1. The van der Waals surface area contributed by atoms with Gasteiger partial charge in [-0.05, 0) is 76.6 Å². The molecule has 35 heavy (non-hydrogen) atoms. The van der Waals surface area contributed by atoms with E-state index in [4.69, 9.17) is 25.8 Å². The summed E-state index contributed by atoms with van der Waals surface area (Å²) in [6.07, 6.45) is 1.41. The molecule has 0 spiro atoms. The molecule has 12 heteroatoms. The van der Waals surface area contributed by atoms with Crippen LogP contribution in [0.4, 0.5) is 5.69 Å². The molecule has 1 aliphatic heterocycles. The van der Waals surface area contributed by atoms with E-state index in [9.17, 15) is 13.2 Å². The number of anilines is 1. The molecule has 0 saturated carbocycles. The molecule has 4 rings (SSSR count). The fourth-order valence-corrected chi connectivity index (χ4v) is 5.14. The van der Waals surface area contributed by atoms with Gasteiger partial charge in [0.05, 0.1) is 23.9 Å². The standard InChI is InChI=1S/C23H19BrClN3O6S/c1-32-18-6-8-19(9-7-18)35(30,31)28(17-4-2-16(25)3-5-17)13-23(29)27-26-12-15-10-21-22(11-20(15)24)34-14-33-21/h2-12H,13-14H2,1H3,(H,27,29)/b26-12-. The number of hydrazone groups is 1. The van der Waals surface area contributed by atoms with Crippen LogP contribution in [0.15, 0.2) is 75.1 Å². The predicted octanol–water partition coefficient (Wildman–Crippen LogP) is 4.19. The SMILES string of the molecule is COc1ccc(S(=O)(=O)N(CC(=O)N/N=C\c2cc3c(cc2Br)OCO3)c2ccc(Cl)cc2)cc1. The molecule has 0 radical (unpaired) electrons. The van der Waals surface area contributed by atoms with E-state index in [1.54, 1.807) is 24.3 Å². The molecule has 0 fully saturated rings. The predicted molar refractivity (Wildman–Crippen MR) is 135 cm³/mol. The first-order valence-electron chi connectivity index (χ1n) is 10.1. The van der Waals surface area contributed by atoms with Gasteiger partial charge < -0.3 is 14.2 Å². The molecule has 0 bridgehead atoms. The molecule has 0 aliphatic carbocycles. The number of nitrogens with one attached hydrogen (secondary N) is 1. The highest BCUT2D eigenvalue weighted by atomic mass is 79.9. The van der Waals surface area contributed by atoms with Crippen molar-refractivity contribution in [2.45, 2.75) is 4.90 Å². The zero-order valence-corrected chi connectivity index (χ0v) is 21.4. The van der Waals surface area contributed by atoms with Gasteiger partial charge in [0.1, 0.15) is 12.3 Å². The lowest BCUT2D eigenvalue weighted by atomic mass is 10.2. The Kier molecular flexibility index (Phi) is 7.48. The number of fused-ring (bicyclic) bond motifs is 1. The summed E-state index contributed by atoms with van der Waals surface area (Å²) in [4.78, 5) is 12.7. The maximum atomic E-state index is 13.4. The highest BCUT2D eigenvalue weighted by Gasteiger charge is 2.27. The third kappa shape index (κ3) is 5.69. The zero-order chi connectivity index (χ0) is 25.0. The maximum Gasteiger partial charge on any atom is 0.264 e. The van der Waals surface area contributed by atoms with Gasteiger partial charge in [-0.1, -0.05) is 11.6 Å². The van der Waals surface area contributed by atoms with Gasteiger partial charge >= 0.3 is 0 Å². The Balaban J connectivity index is 1.54. The third-order valence-electron chi connectivity index (χ3n) is 4.93. The van der Waals surface area contributed by atoms with Gasteiger partial charge in [-0.25, -0.2) is 13.8 Å². The molecule has 0 aromatic heterocycles. The van der Waals surface area contributed by atoms with Crippen molar-refractivity contribution in [3.8, 4) is 17.2 Å². The lowest BCUT2D eigenvalue weighted by Gasteiger charge is -2.23. The van der Waals surface area contributed by atoms with Gasteiger partial charge in [-0.2, -0.15) is 5.10 Å². The van der Waals surface area contributed by atoms with Crippen LogP contribution in [-0.2, 0) is 14.8 Å². The van der Waals surface area contributed by atoms with Gasteiger partial charge in [0.15, 0.2) is 11.5 Å². The lowest BCUT2D eigenvalue weighted by Crippen LogP contribution is -2.39. The Morgan fingerprint density at radius 2 is 1.80 bits per heavy atom. The van der Waals surface area contributed by atoms with Crippen molar-refractivity contribution in [2.75, 3.05) is 24.8 Å². The van der Waals surface area contributed by atoms with Crippen LogP contribution < -0.4 is 23.9 Å². The van der Waals surface area contributed by atoms with Crippen LogP contribution in [0.2, 0.25) is 5.02 Å². The average molecular weight is 581 g/mol.